The van der Waals surface area contributed by atoms with E-state index in [0.717, 1.165) is 22.8 Å². The number of benzene rings is 1. The molecule has 2 rings (SSSR count). The molecule has 0 aliphatic rings. The second-order valence-electron chi connectivity index (χ2n) is 3.72. The summed E-state index contributed by atoms with van der Waals surface area (Å²) < 4.78 is 8.90. The molecule has 1 atom stereocenters. The molecule has 1 N–H and O–H groups in total. The number of hydrogen-bond acceptors (Lipinski definition) is 5. The fourth-order valence-electron chi connectivity index (χ4n) is 1.61. The van der Waals surface area contributed by atoms with Gasteiger partial charge in [-0.25, -0.2) is 4.98 Å². The second-order valence-corrected chi connectivity index (χ2v) is 4.53. The van der Waals surface area contributed by atoms with Gasteiger partial charge in [-0.15, -0.1) is 0 Å². The van der Waals surface area contributed by atoms with Gasteiger partial charge in [0.05, 0.1) is 7.11 Å². The van der Waals surface area contributed by atoms with Gasteiger partial charge in [0.25, 0.3) is 0 Å². The third-order valence-corrected chi connectivity index (χ3v) is 3.35. The predicted octanol–water partition coefficient (Wildman–Crippen LogP) is 1.96. The van der Waals surface area contributed by atoms with E-state index < -0.39 is 11.9 Å². The number of rotatable bonds is 5. The molecule has 1 unspecified atom stereocenters. The Hall–Kier alpha value is -1.95. The van der Waals surface area contributed by atoms with Gasteiger partial charge in [-0.05, 0) is 35.6 Å². The van der Waals surface area contributed by atoms with Crippen molar-refractivity contribution in [2.45, 2.75) is 12.3 Å². The number of ether oxygens (including phenoxy) is 1. The lowest BCUT2D eigenvalue weighted by Crippen LogP contribution is -2.14. The van der Waals surface area contributed by atoms with Gasteiger partial charge in [-0.2, -0.15) is 4.37 Å². The van der Waals surface area contributed by atoms with Gasteiger partial charge in [0.15, 0.2) is 0 Å². The molecule has 5 nitrogen and oxygen atoms in total. The minimum Gasteiger partial charge on any atom is -0.497 e. The Kier molecular flexibility index (Phi) is 3.88. The van der Waals surface area contributed by atoms with E-state index in [1.54, 1.807) is 7.11 Å². The van der Waals surface area contributed by atoms with Gasteiger partial charge in [0.1, 0.15) is 23.0 Å². The van der Waals surface area contributed by atoms with E-state index in [1.807, 2.05) is 24.3 Å². The molecule has 0 radical (unpaired) electrons. The number of aromatic nitrogens is 2. The van der Waals surface area contributed by atoms with Crippen molar-refractivity contribution in [1.82, 2.24) is 9.36 Å². The van der Waals surface area contributed by atoms with Gasteiger partial charge in [-0.1, -0.05) is 12.1 Å². The summed E-state index contributed by atoms with van der Waals surface area (Å²) in [6.07, 6.45) is 1.78. The van der Waals surface area contributed by atoms with E-state index in [9.17, 15) is 9.90 Å². The van der Waals surface area contributed by atoms with Gasteiger partial charge in [0, 0.05) is 0 Å². The van der Waals surface area contributed by atoms with Crippen molar-refractivity contribution < 1.29 is 14.6 Å². The first-order valence-electron chi connectivity index (χ1n) is 5.33. The second kappa shape index (κ2) is 5.59. The summed E-state index contributed by atoms with van der Waals surface area (Å²) >= 11 is 1.12. The number of nitrogens with zero attached hydrogens (tertiary/aromatic N) is 2. The number of carboxylic acids is 1. The minimum absolute atomic E-state index is 0.397. The van der Waals surface area contributed by atoms with Crippen molar-refractivity contribution in [3.63, 3.8) is 0 Å². The van der Waals surface area contributed by atoms with Crippen LogP contribution in [0.25, 0.3) is 0 Å². The molecular formula is C12H12N2O3S. The third kappa shape index (κ3) is 2.84. The van der Waals surface area contributed by atoms with E-state index in [-0.39, 0.29) is 0 Å². The lowest BCUT2D eigenvalue weighted by atomic mass is 10.00. The zero-order valence-electron chi connectivity index (χ0n) is 9.74. The Morgan fingerprint density at radius 3 is 2.67 bits per heavy atom. The van der Waals surface area contributed by atoms with Crippen molar-refractivity contribution in [3.05, 3.63) is 41.2 Å². The molecule has 94 valence electrons. The highest BCUT2D eigenvalue weighted by atomic mass is 32.1. The number of methoxy groups -OCH3 is 1. The quantitative estimate of drug-likeness (QED) is 0.893. The molecule has 6 heteroatoms. The van der Waals surface area contributed by atoms with Gasteiger partial charge in [0.2, 0.25) is 0 Å². The fraction of sp³-hybridized carbons (Fsp3) is 0.250. The fourth-order valence-corrected chi connectivity index (χ4v) is 2.22. The van der Waals surface area contributed by atoms with Crippen LogP contribution in [0, 0.1) is 0 Å². The summed E-state index contributed by atoms with van der Waals surface area (Å²) in [6.45, 7) is 0. The smallest absolute Gasteiger partial charge is 0.313 e. The van der Waals surface area contributed by atoms with Crippen molar-refractivity contribution in [3.8, 4) is 5.75 Å². The summed E-state index contributed by atoms with van der Waals surface area (Å²) in [5.74, 6) is -0.782. The Morgan fingerprint density at radius 2 is 2.17 bits per heavy atom. The van der Waals surface area contributed by atoms with Crippen molar-refractivity contribution in [2.75, 3.05) is 7.11 Å². The van der Waals surface area contributed by atoms with E-state index in [0.29, 0.717) is 11.4 Å². The summed E-state index contributed by atoms with van der Waals surface area (Å²) in [7, 11) is 1.59. The molecule has 1 aromatic heterocycles. The average molecular weight is 264 g/mol. The monoisotopic (exact) mass is 264 g/mol. The molecule has 1 heterocycles. The topological polar surface area (TPSA) is 72.3 Å². The molecule has 0 saturated heterocycles. The summed E-state index contributed by atoms with van der Waals surface area (Å²) in [6, 6.07) is 7.34. The molecule has 2 aromatic rings. The molecule has 0 spiro atoms. The van der Waals surface area contributed by atoms with Crippen LogP contribution in [0.3, 0.4) is 0 Å². The first-order chi connectivity index (χ1) is 8.70. The Bertz CT molecular complexity index is 511. The molecule has 0 saturated carbocycles. The van der Waals surface area contributed by atoms with E-state index in [2.05, 4.69) is 9.36 Å². The maximum absolute atomic E-state index is 11.2. The standard InChI is InChI=1S/C12H12N2O3S/c1-17-9-4-2-8(3-5-9)6-10(12(15)16)11-13-7-14-18-11/h2-5,7,10H,6H2,1H3,(H,15,16). The van der Waals surface area contributed by atoms with Crippen molar-refractivity contribution in [2.24, 2.45) is 0 Å². The maximum atomic E-state index is 11.2. The lowest BCUT2D eigenvalue weighted by molar-refractivity contribution is -0.138. The van der Waals surface area contributed by atoms with E-state index >= 15 is 0 Å². The van der Waals surface area contributed by atoms with E-state index in [1.165, 1.54) is 6.33 Å². The lowest BCUT2D eigenvalue weighted by Gasteiger charge is -2.09. The zero-order valence-corrected chi connectivity index (χ0v) is 10.6. The molecule has 0 aliphatic heterocycles. The maximum Gasteiger partial charge on any atom is 0.313 e. The molecule has 0 aliphatic carbocycles. The van der Waals surface area contributed by atoms with Crippen LogP contribution < -0.4 is 4.74 Å². The SMILES string of the molecule is COc1ccc(CC(C(=O)O)c2ncns2)cc1. The highest BCUT2D eigenvalue weighted by molar-refractivity contribution is 7.05. The Labute approximate surface area is 108 Å². The van der Waals surface area contributed by atoms with Crippen LogP contribution in [0.1, 0.15) is 16.5 Å². The van der Waals surface area contributed by atoms with Gasteiger partial charge < -0.3 is 9.84 Å². The number of aliphatic carboxylic acids is 1. The molecule has 18 heavy (non-hydrogen) atoms. The average Bonchev–Trinajstić information content (AvgIpc) is 2.90. The molecule has 1 aromatic carbocycles. The minimum atomic E-state index is -0.887. The van der Waals surface area contributed by atoms with Crippen LogP contribution in [0.2, 0.25) is 0 Å². The van der Waals surface area contributed by atoms with Crippen LogP contribution in [-0.2, 0) is 11.2 Å². The number of hydrogen-bond donors (Lipinski definition) is 1. The van der Waals surface area contributed by atoms with Crippen LogP contribution in [0.4, 0.5) is 0 Å². The summed E-state index contributed by atoms with van der Waals surface area (Å²) in [4.78, 5) is 15.2. The summed E-state index contributed by atoms with van der Waals surface area (Å²) in [5, 5.41) is 9.75. The van der Waals surface area contributed by atoms with Gasteiger partial charge in [-0.3, -0.25) is 4.79 Å². The van der Waals surface area contributed by atoms with Crippen LogP contribution in [0.5, 0.6) is 5.75 Å². The van der Waals surface area contributed by atoms with Crippen molar-refractivity contribution in [1.29, 1.82) is 0 Å². The molecule has 0 amide bonds. The van der Waals surface area contributed by atoms with Crippen LogP contribution in [-0.4, -0.2) is 27.5 Å². The molecular weight excluding hydrogens is 252 g/mol. The highest BCUT2D eigenvalue weighted by Gasteiger charge is 2.23. The zero-order chi connectivity index (χ0) is 13.0. The Morgan fingerprint density at radius 1 is 1.44 bits per heavy atom. The highest BCUT2D eigenvalue weighted by Crippen LogP contribution is 2.23. The third-order valence-electron chi connectivity index (χ3n) is 2.57. The normalized spacial score (nSPS) is 12.1. The molecule has 0 bridgehead atoms. The van der Waals surface area contributed by atoms with Crippen molar-refractivity contribution >= 4 is 17.5 Å². The molecule has 0 fully saturated rings. The number of carbonyl (C=O) groups is 1. The predicted molar refractivity (Wildman–Crippen MR) is 67.0 cm³/mol. The van der Waals surface area contributed by atoms with Crippen LogP contribution in [0.15, 0.2) is 30.6 Å². The Balaban J connectivity index is 2.16. The first-order valence-corrected chi connectivity index (χ1v) is 6.10. The summed E-state index contributed by atoms with van der Waals surface area (Å²) in [5.41, 5.74) is 0.929. The van der Waals surface area contributed by atoms with Crippen LogP contribution >= 0.6 is 11.5 Å². The van der Waals surface area contributed by atoms with Gasteiger partial charge >= 0.3 is 5.97 Å². The number of carboxylic acid groups (broad SMARTS) is 1. The van der Waals surface area contributed by atoms with E-state index in [4.69, 9.17) is 4.74 Å². The largest absolute Gasteiger partial charge is 0.497 e. The first kappa shape index (κ1) is 12.5.